The number of urea groups is 1. The first-order chi connectivity index (χ1) is 12.9. The standard InChI is InChI=1S/C17H15F2N3O5/c1-26-13(23)7-4-10-15(24)22(17(25)21-10)11-5-6-12(27-16(18)19)14-9(11)3-2-8-20-14/h2-3,5-6,8,10,16H,4,7H2,1H3,(H,21,25)/t10-/m1/s1. The molecule has 1 aliphatic rings. The summed E-state index contributed by atoms with van der Waals surface area (Å²) in [6.45, 7) is -3.04. The van der Waals surface area contributed by atoms with Crippen LogP contribution < -0.4 is 15.0 Å². The summed E-state index contributed by atoms with van der Waals surface area (Å²) in [7, 11) is 1.23. The van der Waals surface area contributed by atoms with Crippen LogP contribution in [0.1, 0.15) is 12.8 Å². The summed E-state index contributed by atoms with van der Waals surface area (Å²) in [5.41, 5.74) is 0.275. The van der Waals surface area contributed by atoms with Gasteiger partial charge < -0.3 is 14.8 Å². The van der Waals surface area contributed by atoms with E-state index >= 15 is 0 Å². The first-order valence-corrected chi connectivity index (χ1v) is 7.96. The molecular formula is C17H15F2N3O5. The van der Waals surface area contributed by atoms with E-state index < -0.39 is 30.6 Å². The molecule has 3 rings (SSSR count). The van der Waals surface area contributed by atoms with Gasteiger partial charge in [0.1, 0.15) is 11.6 Å². The Balaban J connectivity index is 1.94. The zero-order chi connectivity index (χ0) is 19.6. The van der Waals surface area contributed by atoms with Gasteiger partial charge in [0.25, 0.3) is 5.91 Å². The number of carbonyl (C=O) groups excluding carboxylic acids is 3. The summed E-state index contributed by atoms with van der Waals surface area (Å²) in [4.78, 5) is 41.1. The molecule has 1 N–H and O–H groups in total. The summed E-state index contributed by atoms with van der Waals surface area (Å²) in [5, 5.41) is 2.80. The maximum atomic E-state index is 12.6. The molecule has 1 fully saturated rings. The number of nitrogens with one attached hydrogen (secondary N) is 1. The van der Waals surface area contributed by atoms with Crippen LogP contribution in [0.3, 0.4) is 0 Å². The predicted molar refractivity (Wildman–Crippen MR) is 89.4 cm³/mol. The number of hydrogen-bond donors (Lipinski definition) is 1. The van der Waals surface area contributed by atoms with E-state index in [2.05, 4.69) is 19.8 Å². The molecule has 1 atom stereocenters. The Morgan fingerprint density at radius 2 is 2.11 bits per heavy atom. The van der Waals surface area contributed by atoms with Gasteiger partial charge in [0.2, 0.25) is 0 Å². The van der Waals surface area contributed by atoms with Gasteiger partial charge in [-0.05, 0) is 30.7 Å². The number of pyridine rings is 1. The van der Waals surface area contributed by atoms with E-state index in [9.17, 15) is 23.2 Å². The Labute approximate surface area is 152 Å². The maximum Gasteiger partial charge on any atom is 0.387 e. The quantitative estimate of drug-likeness (QED) is 0.611. The number of halogens is 2. The van der Waals surface area contributed by atoms with E-state index in [4.69, 9.17) is 0 Å². The molecular weight excluding hydrogens is 364 g/mol. The van der Waals surface area contributed by atoms with Crippen LogP contribution in [0, 0.1) is 0 Å². The Morgan fingerprint density at radius 1 is 1.33 bits per heavy atom. The second-order valence-corrected chi connectivity index (χ2v) is 5.65. The molecule has 1 aromatic heterocycles. The lowest BCUT2D eigenvalue weighted by Crippen LogP contribution is -2.31. The third-order valence-corrected chi connectivity index (χ3v) is 4.05. The fourth-order valence-corrected chi connectivity index (χ4v) is 2.84. The fourth-order valence-electron chi connectivity index (χ4n) is 2.84. The molecule has 2 heterocycles. The van der Waals surface area contributed by atoms with Gasteiger partial charge in [-0.3, -0.25) is 14.6 Å². The molecule has 27 heavy (non-hydrogen) atoms. The highest BCUT2D eigenvalue weighted by molar-refractivity contribution is 6.24. The maximum absolute atomic E-state index is 12.6. The number of methoxy groups -OCH3 is 1. The number of ether oxygens (including phenoxy) is 2. The van der Waals surface area contributed by atoms with Gasteiger partial charge in [-0.2, -0.15) is 8.78 Å². The molecule has 0 radical (unpaired) electrons. The number of benzene rings is 1. The van der Waals surface area contributed by atoms with Crippen LogP contribution in [-0.4, -0.2) is 42.7 Å². The minimum absolute atomic E-state index is 0.0372. The smallest absolute Gasteiger partial charge is 0.387 e. The summed E-state index contributed by atoms with van der Waals surface area (Å²) in [6.07, 6.45) is 1.43. The van der Waals surface area contributed by atoms with Gasteiger partial charge in [-0.15, -0.1) is 0 Å². The molecule has 0 saturated carbocycles. The normalized spacial score (nSPS) is 16.7. The van der Waals surface area contributed by atoms with Crippen LogP contribution >= 0.6 is 0 Å². The molecule has 1 saturated heterocycles. The highest BCUT2D eigenvalue weighted by Gasteiger charge is 2.40. The lowest BCUT2D eigenvalue weighted by atomic mass is 10.1. The van der Waals surface area contributed by atoms with Crippen molar-refractivity contribution in [3.63, 3.8) is 0 Å². The number of alkyl halides is 2. The highest BCUT2D eigenvalue weighted by Crippen LogP contribution is 2.34. The number of rotatable bonds is 6. The predicted octanol–water partition coefficient (Wildman–Crippen LogP) is 2.21. The summed E-state index contributed by atoms with van der Waals surface area (Å²) in [6, 6.07) is 4.08. The number of anilines is 1. The second-order valence-electron chi connectivity index (χ2n) is 5.65. The number of hydrogen-bond acceptors (Lipinski definition) is 6. The van der Waals surface area contributed by atoms with Crippen molar-refractivity contribution < 1.29 is 32.6 Å². The minimum Gasteiger partial charge on any atom is -0.469 e. The molecule has 1 aliphatic heterocycles. The number of esters is 1. The van der Waals surface area contributed by atoms with Gasteiger partial charge in [-0.25, -0.2) is 9.69 Å². The molecule has 1 aromatic carbocycles. The molecule has 10 heteroatoms. The second kappa shape index (κ2) is 7.52. The van der Waals surface area contributed by atoms with Crippen molar-refractivity contribution in [3.8, 4) is 5.75 Å². The molecule has 142 valence electrons. The van der Waals surface area contributed by atoms with Gasteiger partial charge in [0.15, 0.2) is 5.75 Å². The molecule has 3 amide bonds. The van der Waals surface area contributed by atoms with E-state index in [1.54, 1.807) is 12.1 Å². The van der Waals surface area contributed by atoms with Crippen LogP contribution in [0.15, 0.2) is 30.5 Å². The molecule has 0 bridgehead atoms. The zero-order valence-electron chi connectivity index (χ0n) is 14.1. The van der Waals surface area contributed by atoms with Crippen molar-refractivity contribution in [2.45, 2.75) is 25.5 Å². The van der Waals surface area contributed by atoms with E-state index in [0.717, 1.165) is 4.90 Å². The highest BCUT2D eigenvalue weighted by atomic mass is 19.3. The lowest BCUT2D eigenvalue weighted by Gasteiger charge is -2.17. The van der Waals surface area contributed by atoms with Gasteiger partial charge in [0, 0.05) is 18.0 Å². The number of fused-ring (bicyclic) bond motifs is 1. The third kappa shape index (κ3) is 3.64. The van der Waals surface area contributed by atoms with Crippen LogP contribution in [0.2, 0.25) is 0 Å². The van der Waals surface area contributed by atoms with Gasteiger partial charge in [-0.1, -0.05) is 0 Å². The fraction of sp³-hybridized carbons (Fsp3) is 0.294. The monoisotopic (exact) mass is 379 g/mol. The van der Waals surface area contributed by atoms with E-state index in [1.165, 1.54) is 25.4 Å². The number of amides is 3. The first kappa shape index (κ1) is 18.5. The van der Waals surface area contributed by atoms with Gasteiger partial charge in [0.05, 0.1) is 12.8 Å². The Bertz CT molecular complexity index is 905. The van der Waals surface area contributed by atoms with Crippen LogP contribution in [0.5, 0.6) is 5.75 Å². The number of carbonyl (C=O) groups is 3. The Kier molecular flexibility index (Phi) is 5.15. The first-order valence-electron chi connectivity index (χ1n) is 7.96. The van der Waals surface area contributed by atoms with Crippen LogP contribution in [0.25, 0.3) is 10.9 Å². The van der Waals surface area contributed by atoms with E-state index in [1.807, 2.05) is 0 Å². The van der Waals surface area contributed by atoms with Crippen molar-refractivity contribution in [1.82, 2.24) is 10.3 Å². The Morgan fingerprint density at radius 3 is 2.81 bits per heavy atom. The average molecular weight is 379 g/mol. The lowest BCUT2D eigenvalue weighted by molar-refractivity contribution is -0.140. The average Bonchev–Trinajstić information content (AvgIpc) is 2.93. The topological polar surface area (TPSA) is 97.8 Å². The SMILES string of the molecule is COC(=O)CC[C@H]1NC(=O)N(c2ccc(OC(F)F)c3ncccc23)C1=O. The number of nitrogens with zero attached hydrogens (tertiary/aromatic N) is 2. The Hall–Kier alpha value is -3.30. The zero-order valence-corrected chi connectivity index (χ0v) is 14.1. The minimum atomic E-state index is -3.04. The van der Waals surface area contributed by atoms with Crippen LogP contribution in [0.4, 0.5) is 19.3 Å². The third-order valence-electron chi connectivity index (χ3n) is 4.05. The van der Waals surface area contributed by atoms with E-state index in [0.29, 0.717) is 5.39 Å². The van der Waals surface area contributed by atoms with Crippen molar-refractivity contribution in [2.24, 2.45) is 0 Å². The number of imide groups is 1. The van der Waals surface area contributed by atoms with Crippen molar-refractivity contribution >= 4 is 34.5 Å². The summed E-state index contributed by atoms with van der Waals surface area (Å²) in [5.74, 6) is -1.23. The summed E-state index contributed by atoms with van der Waals surface area (Å²) < 4.78 is 34.1. The van der Waals surface area contributed by atoms with E-state index in [-0.39, 0.29) is 29.8 Å². The van der Waals surface area contributed by atoms with Crippen molar-refractivity contribution in [1.29, 1.82) is 0 Å². The molecule has 0 unspecified atom stereocenters. The summed E-state index contributed by atoms with van der Waals surface area (Å²) >= 11 is 0. The molecule has 8 nitrogen and oxygen atoms in total. The van der Waals surface area contributed by atoms with Crippen molar-refractivity contribution in [2.75, 3.05) is 12.0 Å². The molecule has 0 spiro atoms. The number of aromatic nitrogens is 1. The largest absolute Gasteiger partial charge is 0.469 e. The molecule has 2 aromatic rings. The van der Waals surface area contributed by atoms with Crippen molar-refractivity contribution in [3.05, 3.63) is 30.5 Å². The molecule has 0 aliphatic carbocycles. The van der Waals surface area contributed by atoms with Gasteiger partial charge >= 0.3 is 18.6 Å². The van der Waals surface area contributed by atoms with Crippen LogP contribution in [-0.2, 0) is 14.3 Å².